The van der Waals surface area contributed by atoms with E-state index in [0.29, 0.717) is 6.42 Å². The Labute approximate surface area is 131 Å². The van der Waals surface area contributed by atoms with E-state index in [-0.39, 0.29) is 0 Å². The molecule has 4 nitrogen and oxygen atoms in total. The van der Waals surface area contributed by atoms with Gasteiger partial charge in [0, 0.05) is 23.0 Å². The summed E-state index contributed by atoms with van der Waals surface area (Å²) >= 11 is 3.47. The van der Waals surface area contributed by atoms with E-state index >= 15 is 0 Å². The third kappa shape index (κ3) is 3.70. The van der Waals surface area contributed by atoms with Gasteiger partial charge in [0.05, 0.1) is 0 Å². The molecule has 0 bridgehead atoms. The molecular weight excluding hydrogens is 328 g/mol. The van der Waals surface area contributed by atoms with Crippen LogP contribution in [-0.2, 0) is 12.8 Å². The van der Waals surface area contributed by atoms with Crippen LogP contribution in [0.25, 0.3) is 0 Å². The van der Waals surface area contributed by atoms with E-state index in [4.69, 9.17) is 5.73 Å². The number of nitrogens with zero attached hydrogens (tertiary/aromatic N) is 2. The molecule has 5 heteroatoms. The Bertz CT molecular complexity index is 734. The van der Waals surface area contributed by atoms with Crippen molar-refractivity contribution in [2.45, 2.75) is 12.8 Å². The summed E-state index contributed by atoms with van der Waals surface area (Å²) in [6.45, 7) is 0. The van der Waals surface area contributed by atoms with E-state index in [1.807, 2.05) is 36.4 Å². The van der Waals surface area contributed by atoms with Gasteiger partial charge in [-0.25, -0.2) is 4.98 Å². The molecule has 1 aromatic heterocycles. The van der Waals surface area contributed by atoms with E-state index in [0.717, 1.165) is 33.8 Å². The lowest BCUT2D eigenvalue weighted by molar-refractivity contribution is 0.958. The van der Waals surface area contributed by atoms with Gasteiger partial charge in [-0.05, 0) is 35.4 Å². The van der Waals surface area contributed by atoms with Crippen molar-refractivity contribution >= 4 is 21.6 Å². The first-order chi connectivity index (χ1) is 10.2. The van der Waals surface area contributed by atoms with Crippen LogP contribution in [0.2, 0.25) is 0 Å². The first-order valence-corrected chi connectivity index (χ1v) is 7.47. The van der Waals surface area contributed by atoms with Crippen LogP contribution < -0.4 is 5.73 Å². The van der Waals surface area contributed by atoms with Crippen molar-refractivity contribution in [1.29, 1.82) is 0 Å². The second-order valence-corrected chi connectivity index (χ2v) is 5.84. The summed E-state index contributed by atoms with van der Waals surface area (Å²) in [4.78, 5) is 4.54. The topological polar surface area (TPSA) is 67.6 Å². The van der Waals surface area contributed by atoms with Crippen LogP contribution in [0.3, 0.4) is 0 Å². The van der Waals surface area contributed by atoms with Crippen LogP contribution in [0.4, 0.5) is 5.69 Å². The normalized spacial score (nSPS) is 10.7. The zero-order valence-corrected chi connectivity index (χ0v) is 13.0. The molecule has 0 aliphatic carbocycles. The first-order valence-electron chi connectivity index (χ1n) is 6.68. The largest absolute Gasteiger partial charge is 0.399 e. The number of H-pyrrole nitrogens is 1. The Kier molecular flexibility index (Phi) is 4.01. The van der Waals surface area contributed by atoms with E-state index < -0.39 is 0 Å². The summed E-state index contributed by atoms with van der Waals surface area (Å²) < 4.78 is 1.07. The molecule has 0 spiro atoms. The first kappa shape index (κ1) is 13.8. The van der Waals surface area contributed by atoms with Crippen LogP contribution in [0.5, 0.6) is 0 Å². The number of nitrogen functional groups attached to an aromatic ring is 1. The van der Waals surface area contributed by atoms with Crippen LogP contribution in [0, 0.1) is 0 Å². The molecular formula is C16H15BrN4. The lowest BCUT2D eigenvalue weighted by Crippen LogP contribution is -1.93. The van der Waals surface area contributed by atoms with Crippen LogP contribution in [-0.4, -0.2) is 15.2 Å². The minimum atomic E-state index is 0.704. The third-order valence-electron chi connectivity index (χ3n) is 3.18. The molecule has 21 heavy (non-hydrogen) atoms. The van der Waals surface area contributed by atoms with E-state index in [9.17, 15) is 0 Å². The standard InChI is InChI=1S/C16H15BrN4/c17-13-3-1-2-12(8-13)10-16-19-15(20-21-16)9-11-4-6-14(18)7-5-11/h1-8H,9-10,18H2,(H,19,20,21). The number of hydrogen-bond donors (Lipinski definition) is 2. The average Bonchev–Trinajstić information content (AvgIpc) is 2.89. The van der Waals surface area contributed by atoms with Crippen molar-refractivity contribution in [3.63, 3.8) is 0 Å². The summed E-state index contributed by atoms with van der Waals surface area (Å²) in [7, 11) is 0. The summed E-state index contributed by atoms with van der Waals surface area (Å²) in [6, 6.07) is 16.0. The summed E-state index contributed by atoms with van der Waals surface area (Å²) in [5.41, 5.74) is 8.79. The third-order valence-corrected chi connectivity index (χ3v) is 3.67. The molecule has 3 rings (SSSR count). The highest BCUT2D eigenvalue weighted by Gasteiger charge is 2.05. The van der Waals surface area contributed by atoms with Gasteiger partial charge < -0.3 is 5.73 Å². The van der Waals surface area contributed by atoms with Crippen molar-refractivity contribution in [3.05, 3.63) is 75.8 Å². The predicted octanol–water partition coefficient (Wildman–Crippen LogP) is 3.33. The molecule has 2 aromatic carbocycles. The molecule has 0 saturated heterocycles. The SMILES string of the molecule is Nc1ccc(Cc2n[nH]c(Cc3cccc(Br)c3)n2)cc1. The zero-order chi connectivity index (χ0) is 14.7. The maximum atomic E-state index is 5.68. The van der Waals surface area contributed by atoms with Gasteiger partial charge >= 0.3 is 0 Å². The van der Waals surface area contributed by atoms with Crippen LogP contribution >= 0.6 is 15.9 Å². The highest BCUT2D eigenvalue weighted by molar-refractivity contribution is 9.10. The molecule has 0 unspecified atom stereocenters. The van der Waals surface area contributed by atoms with Crippen LogP contribution in [0.1, 0.15) is 22.8 Å². The summed E-state index contributed by atoms with van der Waals surface area (Å²) in [6.07, 6.45) is 1.45. The van der Waals surface area contributed by atoms with Gasteiger partial charge in [-0.2, -0.15) is 5.10 Å². The van der Waals surface area contributed by atoms with Gasteiger partial charge in [0.1, 0.15) is 5.82 Å². The zero-order valence-electron chi connectivity index (χ0n) is 11.4. The highest BCUT2D eigenvalue weighted by atomic mass is 79.9. The molecule has 1 heterocycles. The molecule has 0 aliphatic rings. The van der Waals surface area contributed by atoms with Gasteiger partial charge in [0.2, 0.25) is 0 Å². The van der Waals surface area contributed by atoms with Gasteiger partial charge in [-0.15, -0.1) is 0 Å². The Morgan fingerprint density at radius 2 is 1.81 bits per heavy atom. The average molecular weight is 343 g/mol. The molecule has 0 aliphatic heterocycles. The van der Waals surface area contributed by atoms with E-state index in [1.54, 1.807) is 0 Å². The van der Waals surface area contributed by atoms with Crippen LogP contribution in [0.15, 0.2) is 53.0 Å². The summed E-state index contributed by atoms with van der Waals surface area (Å²) in [5.74, 6) is 1.67. The fourth-order valence-corrected chi connectivity index (χ4v) is 2.60. The maximum Gasteiger partial charge on any atom is 0.155 e. The minimum absolute atomic E-state index is 0.704. The van der Waals surface area contributed by atoms with Crippen molar-refractivity contribution < 1.29 is 0 Å². The number of nitrogens with two attached hydrogens (primary N) is 1. The molecule has 0 fully saturated rings. The van der Waals surface area contributed by atoms with Crippen molar-refractivity contribution in [3.8, 4) is 0 Å². The molecule has 0 amide bonds. The van der Waals surface area contributed by atoms with Gasteiger partial charge in [-0.1, -0.05) is 40.2 Å². The second-order valence-electron chi connectivity index (χ2n) is 4.92. The molecule has 3 N–H and O–H groups in total. The molecule has 3 aromatic rings. The Hall–Kier alpha value is -2.14. The molecule has 0 atom stereocenters. The van der Waals surface area contributed by atoms with Crippen molar-refractivity contribution in [2.24, 2.45) is 0 Å². The highest BCUT2D eigenvalue weighted by Crippen LogP contribution is 2.14. The predicted molar refractivity (Wildman–Crippen MR) is 87.0 cm³/mol. The lowest BCUT2D eigenvalue weighted by Gasteiger charge is -1.99. The molecule has 0 saturated carbocycles. The molecule has 106 valence electrons. The number of halogens is 1. The number of anilines is 1. The number of aromatic amines is 1. The number of hydrogen-bond acceptors (Lipinski definition) is 3. The number of benzene rings is 2. The Balaban J connectivity index is 1.70. The molecule has 0 radical (unpaired) electrons. The van der Waals surface area contributed by atoms with Gasteiger partial charge in [0.25, 0.3) is 0 Å². The Morgan fingerprint density at radius 1 is 1.00 bits per heavy atom. The monoisotopic (exact) mass is 342 g/mol. The smallest absolute Gasteiger partial charge is 0.155 e. The second kappa shape index (κ2) is 6.10. The van der Waals surface area contributed by atoms with Gasteiger partial charge in [-0.3, -0.25) is 5.10 Å². The quantitative estimate of drug-likeness (QED) is 0.714. The van der Waals surface area contributed by atoms with Crippen molar-refractivity contribution in [2.75, 3.05) is 5.73 Å². The fourth-order valence-electron chi connectivity index (χ4n) is 2.15. The Morgan fingerprint density at radius 3 is 2.57 bits per heavy atom. The van der Waals surface area contributed by atoms with Gasteiger partial charge in [0.15, 0.2) is 5.82 Å². The minimum Gasteiger partial charge on any atom is -0.399 e. The lowest BCUT2D eigenvalue weighted by atomic mass is 10.1. The summed E-state index contributed by atoms with van der Waals surface area (Å²) in [5, 5.41) is 7.28. The van der Waals surface area contributed by atoms with E-state index in [1.165, 1.54) is 5.56 Å². The van der Waals surface area contributed by atoms with Crippen molar-refractivity contribution in [1.82, 2.24) is 15.2 Å². The fraction of sp³-hybridized carbons (Fsp3) is 0.125. The number of aromatic nitrogens is 3. The number of nitrogens with one attached hydrogen (secondary N) is 1. The maximum absolute atomic E-state index is 5.68. The number of rotatable bonds is 4. The van der Waals surface area contributed by atoms with E-state index in [2.05, 4.69) is 43.2 Å².